The summed E-state index contributed by atoms with van der Waals surface area (Å²) in [4.78, 5) is 53.1. The summed E-state index contributed by atoms with van der Waals surface area (Å²) in [5.41, 5.74) is 0.228. The molecule has 0 saturated carbocycles. The Balaban J connectivity index is 0.00000217. The van der Waals surface area contributed by atoms with Crippen LogP contribution in [0.3, 0.4) is 0 Å². The van der Waals surface area contributed by atoms with Crippen LogP contribution >= 0.6 is 11.3 Å². The third-order valence-electron chi connectivity index (χ3n) is 3.43. The number of amides is 2. The predicted octanol–water partition coefficient (Wildman–Crippen LogP) is -1.47. The maximum absolute atomic E-state index is 12.8. The van der Waals surface area contributed by atoms with E-state index < -0.39 is 70.9 Å². The van der Waals surface area contributed by atoms with Crippen LogP contribution in [0.5, 0.6) is 0 Å². The van der Waals surface area contributed by atoms with E-state index in [4.69, 9.17) is 28.4 Å². The molecule has 0 aliphatic carbocycles. The van der Waals surface area contributed by atoms with Crippen molar-refractivity contribution < 1.29 is 55.4 Å². The average molecular weight is 488 g/mol. The molecule has 0 aromatic carbocycles. The first kappa shape index (κ1) is 17.4. The quantitative estimate of drug-likeness (QED) is 0.0973. The van der Waals surface area contributed by atoms with E-state index in [1.165, 1.54) is 0 Å². The monoisotopic (exact) mass is 487 g/mol. The number of anilines is 1. The predicted molar refractivity (Wildman–Crippen MR) is 104 cm³/mol. The largest absolute Gasteiger partial charge is 0.483 e. The Labute approximate surface area is 187 Å². The molecule has 2 atom stereocenters. The number of oxime groups is 1. The van der Waals surface area contributed by atoms with Gasteiger partial charge < -0.3 is 26.1 Å². The number of aliphatic carboxylic acids is 1. The van der Waals surface area contributed by atoms with Crippen LogP contribution in [0.2, 0.25) is 0 Å². The van der Waals surface area contributed by atoms with Crippen LogP contribution in [0.4, 0.5) is 5.13 Å². The molecule has 0 spiro atoms. The van der Waals surface area contributed by atoms with E-state index in [0.717, 1.165) is 23.6 Å². The molecule has 2 rings (SSSR count). The number of nitrogens with zero attached hydrogens (tertiary/aromatic N) is 3. The van der Waals surface area contributed by atoms with Crippen molar-refractivity contribution in [2.75, 3.05) is 5.73 Å². The Morgan fingerprint density at radius 3 is 2.48 bits per heavy atom. The lowest BCUT2D eigenvalue weighted by Gasteiger charge is -2.42. The average Bonchev–Trinajstić information content (AvgIpc) is 3.12. The van der Waals surface area contributed by atoms with Crippen molar-refractivity contribution in [2.45, 2.75) is 38.3 Å². The van der Waals surface area contributed by atoms with E-state index in [0.29, 0.717) is 0 Å². The number of hydrogen-bond acceptors (Lipinski definition) is 11. The zero-order valence-corrected chi connectivity index (χ0v) is 16.9. The normalized spacial score (nSPS) is 22.6. The Kier molecular flexibility index (Phi) is 5.42. The summed E-state index contributed by atoms with van der Waals surface area (Å²) in [5.74, 6) is -5.01. The third kappa shape index (κ3) is 6.09. The molecule has 17 heteroatoms. The summed E-state index contributed by atoms with van der Waals surface area (Å²) in [6, 6.07) is -2.76. The number of carboxylic acid groups (broad SMARTS) is 2. The first-order valence-electron chi connectivity index (χ1n) is 10.6. The molecule has 1 saturated heterocycles. The Morgan fingerprint density at radius 2 is 2.10 bits per heavy atom. The second-order valence-corrected chi connectivity index (χ2v) is 7.68. The van der Waals surface area contributed by atoms with Gasteiger partial charge in [0.1, 0.15) is 11.7 Å². The van der Waals surface area contributed by atoms with E-state index in [-0.39, 0.29) is 15.9 Å². The second kappa shape index (κ2) is 9.67. The Hall–Kier alpha value is -3.31. The molecular weight excluding hydrogens is 462 g/mol. The molecule has 15 nitrogen and oxygen atoms in total. The van der Waals surface area contributed by atoms with E-state index in [1.54, 1.807) is 0 Å². The number of nitrogen functional groups attached to an aromatic ring is 1. The van der Waals surface area contributed by atoms with Crippen molar-refractivity contribution in [1.82, 2.24) is 14.6 Å². The van der Waals surface area contributed by atoms with Gasteiger partial charge in [0, 0.05) is 13.6 Å². The number of aromatic nitrogens is 1. The Morgan fingerprint density at radius 1 is 1.52 bits per heavy atom. The van der Waals surface area contributed by atoms with E-state index in [9.17, 15) is 27.9 Å². The molecule has 6 N–H and O–H groups in total. The van der Waals surface area contributed by atoms with Crippen LogP contribution in [-0.4, -0.2) is 80.1 Å². The summed E-state index contributed by atoms with van der Waals surface area (Å²) in [6.07, 6.45) is 0. The van der Waals surface area contributed by atoms with Gasteiger partial charge in [0.15, 0.2) is 10.8 Å². The SMILES string of the molecule is O=CO.[2H]C([2H])([2H])C(O/N=C(\C(=O)N[C@@H]1C(=O)N(S(=O)(=O)O)[C@H]1C)c1csc(N)n1)(C(=O)O)C([2H])([2H])[2H]. The van der Waals surface area contributed by atoms with Crippen LogP contribution < -0.4 is 11.1 Å². The van der Waals surface area contributed by atoms with Gasteiger partial charge in [0.25, 0.3) is 18.3 Å². The van der Waals surface area contributed by atoms with Gasteiger partial charge in [-0.1, -0.05) is 5.16 Å². The lowest BCUT2D eigenvalue weighted by Crippen LogP contribution is -2.71. The minimum atomic E-state index is -4.91. The fourth-order valence-electron chi connectivity index (χ4n) is 2.07. The zero-order valence-electron chi connectivity index (χ0n) is 21.2. The fourth-order valence-corrected chi connectivity index (χ4v) is 3.50. The topological polar surface area (TPSA) is 239 Å². The molecule has 0 unspecified atom stereocenters. The van der Waals surface area contributed by atoms with Crippen LogP contribution in [0.25, 0.3) is 0 Å². The highest BCUT2D eigenvalue weighted by Gasteiger charge is 2.51. The number of thiazole rings is 1. The summed E-state index contributed by atoms with van der Waals surface area (Å²) >= 11 is 0.769. The summed E-state index contributed by atoms with van der Waals surface area (Å²) in [7, 11) is -4.91. The van der Waals surface area contributed by atoms with Crippen LogP contribution in [0.15, 0.2) is 10.5 Å². The lowest BCUT2D eigenvalue weighted by molar-refractivity contribution is -0.161. The van der Waals surface area contributed by atoms with E-state index in [2.05, 4.69) is 15.0 Å². The maximum Gasteiger partial charge on any atom is 0.362 e. The molecule has 31 heavy (non-hydrogen) atoms. The van der Waals surface area contributed by atoms with Crippen LogP contribution in [0.1, 0.15) is 34.5 Å². The van der Waals surface area contributed by atoms with Gasteiger partial charge in [-0.15, -0.1) is 11.3 Å². The van der Waals surface area contributed by atoms with Crippen LogP contribution in [-0.2, 0) is 34.3 Å². The first-order chi connectivity index (χ1) is 16.7. The molecule has 172 valence electrons. The number of carbonyl (C=O) groups is 4. The Bertz CT molecular complexity index is 1180. The van der Waals surface area contributed by atoms with Crippen molar-refractivity contribution in [3.63, 3.8) is 0 Å². The fraction of sp³-hybridized carbons (Fsp3) is 0.429. The number of rotatable bonds is 7. The molecule has 1 aliphatic rings. The minimum absolute atomic E-state index is 0.0742. The molecule has 0 radical (unpaired) electrons. The molecule has 1 aromatic heterocycles. The van der Waals surface area contributed by atoms with Crippen LogP contribution in [0, 0.1) is 0 Å². The number of nitrogens with one attached hydrogen (secondary N) is 1. The smallest absolute Gasteiger partial charge is 0.362 e. The van der Waals surface area contributed by atoms with Gasteiger partial charge in [-0.2, -0.15) is 8.42 Å². The maximum atomic E-state index is 12.8. The lowest BCUT2D eigenvalue weighted by atomic mass is 10.0. The molecule has 1 aliphatic heterocycles. The molecule has 0 bridgehead atoms. The van der Waals surface area contributed by atoms with E-state index in [1.807, 2.05) is 5.32 Å². The molecule has 2 heterocycles. The zero-order chi connectivity index (χ0) is 29.1. The number of β-lactam (4-membered cyclic amide) rings is 1. The van der Waals surface area contributed by atoms with Crippen molar-refractivity contribution in [2.24, 2.45) is 5.16 Å². The van der Waals surface area contributed by atoms with Gasteiger partial charge in [-0.3, -0.25) is 18.9 Å². The van der Waals surface area contributed by atoms with Crippen molar-refractivity contribution >= 4 is 56.7 Å². The highest BCUT2D eigenvalue weighted by atomic mass is 32.2. The summed E-state index contributed by atoms with van der Waals surface area (Å²) < 4.78 is 75.9. The minimum Gasteiger partial charge on any atom is -0.483 e. The highest BCUT2D eigenvalue weighted by molar-refractivity contribution is 7.84. The standard InChI is InChI=1S/C13H17N5O8S2.CH2O2/c1-5-7(10(20)18(5)28(23,24)25)16-9(19)8(6-4-27-12(14)15-6)17-26-13(2,3)11(21)22;2-1-3/h4-5,7H,1-3H3,(H2,14,15)(H,16,19)(H,21,22)(H,23,24,25);1H,(H,2,3)/b17-8-;/t5-,7-;/m0./s1/i2D3,3D3;. The number of hydrogen-bond donors (Lipinski definition) is 5. The van der Waals surface area contributed by atoms with Crippen molar-refractivity contribution in [3.05, 3.63) is 11.1 Å². The van der Waals surface area contributed by atoms with E-state index >= 15 is 0 Å². The number of carbonyl (C=O) groups excluding carboxylic acids is 2. The number of nitrogens with two attached hydrogens (primary N) is 1. The van der Waals surface area contributed by atoms with Gasteiger partial charge in [-0.05, 0) is 20.6 Å². The molecule has 1 aromatic rings. The first-order valence-corrected chi connectivity index (χ1v) is 9.85. The number of carboxylic acids is 1. The summed E-state index contributed by atoms with van der Waals surface area (Å²) in [5, 5.41) is 22.5. The van der Waals surface area contributed by atoms with Crippen molar-refractivity contribution in [1.29, 1.82) is 0 Å². The molecular formula is C14H19N5O10S2. The highest BCUT2D eigenvalue weighted by Crippen LogP contribution is 2.23. The molecule has 2 amide bonds. The van der Waals surface area contributed by atoms with Gasteiger partial charge in [-0.25, -0.2) is 14.1 Å². The second-order valence-electron chi connectivity index (χ2n) is 5.50. The summed E-state index contributed by atoms with van der Waals surface area (Å²) in [6.45, 7) is -6.69. The van der Waals surface area contributed by atoms with Crippen molar-refractivity contribution in [3.8, 4) is 0 Å². The third-order valence-corrected chi connectivity index (χ3v) is 5.11. The van der Waals surface area contributed by atoms with Gasteiger partial charge in [0.2, 0.25) is 5.60 Å². The van der Waals surface area contributed by atoms with Gasteiger partial charge in [0.05, 0.1) is 6.04 Å². The molecule has 1 fully saturated rings. The van der Waals surface area contributed by atoms with Gasteiger partial charge >= 0.3 is 16.3 Å².